The zero-order valence-corrected chi connectivity index (χ0v) is 13.2. The van der Waals surface area contributed by atoms with Gasteiger partial charge in [0, 0.05) is 11.6 Å². The van der Waals surface area contributed by atoms with E-state index in [1.54, 1.807) is 6.26 Å². The van der Waals surface area contributed by atoms with Gasteiger partial charge < -0.3 is 9.32 Å². The van der Waals surface area contributed by atoms with E-state index in [4.69, 9.17) is 4.42 Å². The average Bonchev–Trinajstić information content (AvgIpc) is 3.10. The lowest BCUT2D eigenvalue weighted by Crippen LogP contribution is -2.35. The van der Waals surface area contributed by atoms with Crippen molar-refractivity contribution in [3.8, 4) is 5.69 Å². The molecular formula is C17H17N5O2. The zero-order chi connectivity index (χ0) is 16.5. The van der Waals surface area contributed by atoms with Gasteiger partial charge in [-0.2, -0.15) is 0 Å². The van der Waals surface area contributed by atoms with E-state index in [2.05, 4.69) is 15.5 Å². The molecule has 0 N–H and O–H groups in total. The van der Waals surface area contributed by atoms with Gasteiger partial charge in [0.25, 0.3) is 5.91 Å². The van der Waals surface area contributed by atoms with Gasteiger partial charge in [-0.25, -0.2) is 4.68 Å². The van der Waals surface area contributed by atoms with Crippen LogP contribution in [0, 0.1) is 0 Å². The van der Waals surface area contributed by atoms with E-state index < -0.39 is 0 Å². The highest BCUT2D eigenvalue weighted by Crippen LogP contribution is 2.35. The molecule has 0 unspecified atom stereocenters. The Kier molecular flexibility index (Phi) is 3.60. The summed E-state index contributed by atoms with van der Waals surface area (Å²) in [4.78, 5) is 15.0. The molecule has 1 amide bonds. The summed E-state index contributed by atoms with van der Waals surface area (Å²) in [5.74, 6) is 0.795. The van der Waals surface area contributed by atoms with E-state index in [-0.39, 0.29) is 18.0 Å². The smallest absolute Gasteiger partial charge is 0.254 e. The molecule has 0 aliphatic heterocycles. The Balaban J connectivity index is 1.65. The fourth-order valence-electron chi connectivity index (χ4n) is 2.89. The Morgan fingerprint density at radius 1 is 1.33 bits per heavy atom. The molecule has 0 bridgehead atoms. The molecule has 1 saturated carbocycles. The third-order valence-electron chi connectivity index (χ3n) is 4.25. The van der Waals surface area contributed by atoms with Gasteiger partial charge >= 0.3 is 0 Å². The fraction of sp³-hybridized carbons (Fsp3) is 0.294. The number of rotatable bonds is 5. The summed E-state index contributed by atoms with van der Waals surface area (Å²) < 4.78 is 7.03. The molecule has 3 aromatic rings. The van der Waals surface area contributed by atoms with E-state index in [1.165, 1.54) is 11.0 Å². The van der Waals surface area contributed by atoms with Crippen LogP contribution in [0.1, 0.15) is 41.9 Å². The van der Waals surface area contributed by atoms with Crippen molar-refractivity contribution in [2.75, 3.05) is 0 Å². The highest BCUT2D eigenvalue weighted by atomic mass is 16.3. The summed E-state index contributed by atoms with van der Waals surface area (Å²) in [6.07, 6.45) is 5.21. The highest BCUT2D eigenvalue weighted by molar-refractivity contribution is 5.95. The Hall–Kier alpha value is -2.96. The second-order valence-corrected chi connectivity index (χ2v) is 5.94. The van der Waals surface area contributed by atoms with Crippen LogP contribution < -0.4 is 0 Å². The second kappa shape index (κ2) is 5.92. The van der Waals surface area contributed by atoms with Gasteiger partial charge in [-0.3, -0.25) is 4.79 Å². The van der Waals surface area contributed by atoms with Gasteiger partial charge in [0.1, 0.15) is 12.1 Å². The molecule has 0 saturated heterocycles. The van der Waals surface area contributed by atoms with Crippen molar-refractivity contribution < 1.29 is 9.21 Å². The molecule has 1 aliphatic rings. The predicted molar refractivity (Wildman–Crippen MR) is 85.5 cm³/mol. The highest BCUT2D eigenvalue weighted by Gasteiger charge is 2.37. The summed E-state index contributed by atoms with van der Waals surface area (Å²) in [5.41, 5.74) is 1.38. The van der Waals surface area contributed by atoms with Crippen LogP contribution in [0.25, 0.3) is 5.69 Å². The standard InChI is InChI=1S/C17H17N5O2/c1-12(16-6-3-9-24-16)22(14-7-8-14)17(23)13-4-2-5-15(10-13)21-11-18-19-20-21/h2-6,9-12,14H,7-8H2,1H3/t12-/m1/s1. The minimum absolute atomic E-state index is 0.00340. The van der Waals surface area contributed by atoms with Crippen LogP contribution in [0.4, 0.5) is 0 Å². The van der Waals surface area contributed by atoms with Crippen LogP contribution in [0.3, 0.4) is 0 Å². The van der Waals surface area contributed by atoms with E-state index in [0.29, 0.717) is 5.56 Å². The fourth-order valence-corrected chi connectivity index (χ4v) is 2.89. The Bertz CT molecular complexity index is 825. The first-order valence-corrected chi connectivity index (χ1v) is 7.93. The normalized spacial score (nSPS) is 15.2. The average molecular weight is 323 g/mol. The van der Waals surface area contributed by atoms with Crippen LogP contribution in [0.15, 0.2) is 53.4 Å². The Morgan fingerprint density at radius 3 is 2.88 bits per heavy atom. The van der Waals surface area contributed by atoms with Crippen molar-refractivity contribution >= 4 is 5.91 Å². The number of aromatic nitrogens is 4. The number of nitrogens with zero attached hydrogens (tertiary/aromatic N) is 5. The van der Waals surface area contributed by atoms with Gasteiger partial charge in [-0.1, -0.05) is 6.07 Å². The molecule has 1 atom stereocenters. The number of benzene rings is 1. The molecule has 2 heterocycles. The van der Waals surface area contributed by atoms with Crippen LogP contribution in [-0.2, 0) is 0 Å². The zero-order valence-electron chi connectivity index (χ0n) is 13.2. The molecule has 1 aromatic carbocycles. The van der Waals surface area contributed by atoms with Gasteiger partial charge in [0.05, 0.1) is 18.0 Å². The third-order valence-corrected chi connectivity index (χ3v) is 4.25. The number of carbonyl (C=O) groups excluding carboxylic acids is 1. The number of hydrogen-bond acceptors (Lipinski definition) is 5. The first kappa shape index (κ1) is 14.6. The van der Waals surface area contributed by atoms with Crippen molar-refractivity contribution in [2.24, 2.45) is 0 Å². The molecule has 2 aromatic heterocycles. The minimum Gasteiger partial charge on any atom is -0.467 e. The maximum atomic E-state index is 13.1. The van der Waals surface area contributed by atoms with E-state index >= 15 is 0 Å². The number of tetrazole rings is 1. The first-order valence-electron chi connectivity index (χ1n) is 7.93. The first-order chi connectivity index (χ1) is 11.7. The van der Waals surface area contributed by atoms with Gasteiger partial charge in [-0.05, 0) is 60.5 Å². The number of carbonyl (C=O) groups is 1. The molecule has 7 nitrogen and oxygen atoms in total. The van der Waals surface area contributed by atoms with E-state index in [0.717, 1.165) is 24.3 Å². The molecule has 1 aliphatic carbocycles. The quantitative estimate of drug-likeness (QED) is 0.721. The summed E-state index contributed by atoms with van der Waals surface area (Å²) in [5, 5.41) is 11.1. The molecule has 7 heteroatoms. The van der Waals surface area contributed by atoms with Crippen LogP contribution >= 0.6 is 0 Å². The van der Waals surface area contributed by atoms with Gasteiger partial charge in [0.2, 0.25) is 0 Å². The lowest BCUT2D eigenvalue weighted by Gasteiger charge is -2.28. The van der Waals surface area contributed by atoms with Crippen LogP contribution in [0.5, 0.6) is 0 Å². The van der Waals surface area contributed by atoms with Crippen molar-refractivity contribution in [3.05, 3.63) is 60.3 Å². The summed E-state index contributed by atoms with van der Waals surface area (Å²) in [6, 6.07) is 11.3. The number of hydrogen-bond donors (Lipinski definition) is 0. The largest absolute Gasteiger partial charge is 0.467 e. The van der Waals surface area contributed by atoms with Crippen molar-refractivity contribution in [1.29, 1.82) is 0 Å². The SMILES string of the molecule is C[C@H](c1ccco1)N(C(=O)c1cccc(-n2cnnn2)c1)C1CC1. The summed E-state index contributed by atoms with van der Waals surface area (Å²) in [7, 11) is 0. The molecular weight excluding hydrogens is 306 g/mol. The van der Waals surface area contributed by atoms with Crippen molar-refractivity contribution in [1.82, 2.24) is 25.1 Å². The van der Waals surface area contributed by atoms with Crippen molar-refractivity contribution in [3.63, 3.8) is 0 Å². The molecule has 1 fully saturated rings. The summed E-state index contributed by atoms with van der Waals surface area (Å²) in [6.45, 7) is 2.00. The maximum absolute atomic E-state index is 13.1. The van der Waals surface area contributed by atoms with Crippen molar-refractivity contribution in [2.45, 2.75) is 31.8 Å². The molecule has 0 spiro atoms. The number of amides is 1. The number of furan rings is 1. The molecule has 122 valence electrons. The lowest BCUT2D eigenvalue weighted by atomic mass is 10.1. The molecule has 4 rings (SSSR count). The topological polar surface area (TPSA) is 77.0 Å². The minimum atomic E-state index is -0.100. The van der Waals surface area contributed by atoms with Gasteiger partial charge in [-0.15, -0.1) is 5.10 Å². The Morgan fingerprint density at radius 2 is 2.21 bits per heavy atom. The van der Waals surface area contributed by atoms with Crippen LogP contribution in [0.2, 0.25) is 0 Å². The lowest BCUT2D eigenvalue weighted by molar-refractivity contribution is 0.0652. The van der Waals surface area contributed by atoms with E-state index in [9.17, 15) is 4.79 Å². The van der Waals surface area contributed by atoms with Gasteiger partial charge in [0.15, 0.2) is 0 Å². The molecule has 0 radical (unpaired) electrons. The summed E-state index contributed by atoms with van der Waals surface area (Å²) >= 11 is 0. The Labute approximate surface area is 138 Å². The van der Waals surface area contributed by atoms with Crippen LogP contribution in [-0.4, -0.2) is 37.1 Å². The maximum Gasteiger partial charge on any atom is 0.254 e. The molecule has 24 heavy (non-hydrogen) atoms. The predicted octanol–water partition coefficient (Wildman–Crippen LogP) is 2.62. The monoisotopic (exact) mass is 323 g/mol. The second-order valence-electron chi connectivity index (χ2n) is 5.94. The third kappa shape index (κ3) is 2.68. The van der Waals surface area contributed by atoms with E-state index in [1.807, 2.05) is 48.2 Å².